The molecule has 2 N–H and O–H groups in total. The van der Waals surface area contributed by atoms with E-state index in [2.05, 4.69) is 20.5 Å². The average Bonchev–Trinajstić information content (AvgIpc) is 2.85. The Hall–Kier alpha value is -4.84. The highest BCUT2D eigenvalue weighted by molar-refractivity contribution is 5.82. The number of H-pyrrole nitrogens is 1. The van der Waals surface area contributed by atoms with Gasteiger partial charge in [-0.3, -0.25) is 9.78 Å². The lowest BCUT2D eigenvalue weighted by atomic mass is 10.1. The predicted octanol–water partition coefficient (Wildman–Crippen LogP) is 4.61. The van der Waals surface area contributed by atoms with Gasteiger partial charge in [0.2, 0.25) is 5.95 Å². The molecule has 7 nitrogen and oxygen atoms in total. The third-order valence-electron chi connectivity index (χ3n) is 4.78. The second-order valence-corrected chi connectivity index (χ2v) is 7.05. The van der Waals surface area contributed by atoms with Crippen LogP contribution in [-0.2, 0) is 6.61 Å². The number of aromatic nitrogens is 2. The molecule has 3 aromatic carbocycles. The number of nitriles is 1. The molecule has 0 saturated carbocycles. The van der Waals surface area contributed by atoms with Gasteiger partial charge >= 0.3 is 0 Å². The van der Waals surface area contributed by atoms with Crippen LogP contribution in [0.1, 0.15) is 16.7 Å². The Morgan fingerprint density at radius 1 is 1.09 bits per heavy atom. The van der Waals surface area contributed by atoms with Crippen molar-refractivity contribution >= 4 is 12.2 Å². The van der Waals surface area contributed by atoms with Gasteiger partial charge in [0.15, 0.2) is 11.6 Å². The number of nitrogens with one attached hydrogen (secondary N) is 2. The van der Waals surface area contributed by atoms with Gasteiger partial charge in [-0.1, -0.05) is 54.6 Å². The summed E-state index contributed by atoms with van der Waals surface area (Å²) in [5.41, 5.74) is 4.12. The monoisotopic (exact) mass is 457 g/mol. The number of ether oxygens (including phenoxy) is 1. The van der Waals surface area contributed by atoms with Crippen molar-refractivity contribution < 1.29 is 13.5 Å². The zero-order valence-electron chi connectivity index (χ0n) is 17.6. The summed E-state index contributed by atoms with van der Waals surface area (Å²) in [4.78, 5) is 19.1. The van der Waals surface area contributed by atoms with Crippen molar-refractivity contribution in [3.63, 3.8) is 0 Å². The van der Waals surface area contributed by atoms with Crippen molar-refractivity contribution in [1.29, 1.82) is 5.26 Å². The molecule has 0 aliphatic carbocycles. The predicted molar refractivity (Wildman–Crippen MR) is 123 cm³/mol. The highest BCUT2D eigenvalue weighted by atomic mass is 19.1. The van der Waals surface area contributed by atoms with Crippen molar-refractivity contribution in [2.45, 2.75) is 6.61 Å². The molecular formula is C25H17F2N5O2. The molecule has 0 aliphatic heterocycles. The van der Waals surface area contributed by atoms with E-state index in [9.17, 15) is 18.8 Å². The zero-order valence-corrected chi connectivity index (χ0v) is 17.6. The van der Waals surface area contributed by atoms with Gasteiger partial charge in [0.1, 0.15) is 24.1 Å². The van der Waals surface area contributed by atoms with Gasteiger partial charge in [-0.05, 0) is 17.7 Å². The van der Waals surface area contributed by atoms with Gasteiger partial charge in [-0.2, -0.15) is 10.4 Å². The highest BCUT2D eigenvalue weighted by Crippen LogP contribution is 2.21. The van der Waals surface area contributed by atoms with Gasteiger partial charge in [0.25, 0.3) is 5.56 Å². The summed E-state index contributed by atoms with van der Waals surface area (Å²) in [5, 5.41) is 13.5. The number of nitrogens with zero attached hydrogens (tertiary/aromatic N) is 3. The average molecular weight is 457 g/mol. The Labute approximate surface area is 193 Å². The Morgan fingerprint density at radius 2 is 1.85 bits per heavy atom. The lowest BCUT2D eigenvalue weighted by molar-refractivity contribution is 0.288. The van der Waals surface area contributed by atoms with Crippen LogP contribution in [0.2, 0.25) is 0 Å². The van der Waals surface area contributed by atoms with Crippen LogP contribution >= 0.6 is 0 Å². The Morgan fingerprint density at radius 3 is 2.65 bits per heavy atom. The number of benzene rings is 3. The summed E-state index contributed by atoms with van der Waals surface area (Å²) in [7, 11) is 0. The fraction of sp³-hybridized carbons (Fsp3) is 0.0400. The minimum absolute atomic E-state index is 0.0212. The molecular weight excluding hydrogens is 440 g/mol. The van der Waals surface area contributed by atoms with Crippen LogP contribution in [0.4, 0.5) is 14.7 Å². The number of halogens is 2. The van der Waals surface area contributed by atoms with Crippen LogP contribution in [0.25, 0.3) is 11.3 Å². The summed E-state index contributed by atoms with van der Waals surface area (Å²) in [5.74, 6) is -1.42. The van der Waals surface area contributed by atoms with E-state index in [1.54, 1.807) is 48.5 Å². The third-order valence-corrected chi connectivity index (χ3v) is 4.78. The van der Waals surface area contributed by atoms with Gasteiger partial charge in [0.05, 0.1) is 11.9 Å². The van der Waals surface area contributed by atoms with E-state index in [1.807, 2.05) is 12.1 Å². The molecule has 0 bridgehead atoms. The molecule has 168 valence electrons. The Kier molecular flexibility index (Phi) is 6.70. The van der Waals surface area contributed by atoms with Gasteiger partial charge in [-0.25, -0.2) is 19.2 Å². The minimum Gasteiger partial charge on any atom is -0.486 e. The maximum Gasteiger partial charge on any atom is 0.270 e. The van der Waals surface area contributed by atoms with Crippen molar-refractivity contribution in [2.75, 3.05) is 5.43 Å². The lowest BCUT2D eigenvalue weighted by Crippen LogP contribution is -2.16. The van der Waals surface area contributed by atoms with Crippen molar-refractivity contribution in [2.24, 2.45) is 5.10 Å². The van der Waals surface area contributed by atoms with E-state index in [4.69, 9.17) is 4.74 Å². The highest BCUT2D eigenvalue weighted by Gasteiger charge is 2.13. The lowest BCUT2D eigenvalue weighted by Gasteiger charge is -2.10. The number of hydrogen-bond acceptors (Lipinski definition) is 6. The minimum atomic E-state index is -0.667. The molecule has 34 heavy (non-hydrogen) atoms. The molecule has 4 rings (SSSR count). The molecule has 4 aromatic rings. The van der Waals surface area contributed by atoms with E-state index >= 15 is 0 Å². The van der Waals surface area contributed by atoms with Crippen LogP contribution in [0, 0.1) is 23.0 Å². The molecule has 0 aliphatic rings. The molecule has 0 atom stereocenters. The van der Waals surface area contributed by atoms with Gasteiger partial charge in [-0.15, -0.1) is 0 Å². The first-order chi connectivity index (χ1) is 16.5. The molecule has 9 heteroatoms. The van der Waals surface area contributed by atoms with Crippen LogP contribution in [0.3, 0.4) is 0 Å². The number of hydrogen-bond donors (Lipinski definition) is 2. The van der Waals surface area contributed by atoms with E-state index in [0.29, 0.717) is 16.7 Å². The van der Waals surface area contributed by atoms with Gasteiger partial charge < -0.3 is 4.74 Å². The standard InChI is InChI=1S/C25H17F2N5O2/c26-19-10-11-21(27)22(12-19)34-15-18-9-5-4-8-17(18)14-29-32-25-30-23(16-6-2-1-3-7-16)20(13-28)24(33)31-25/h1-12,14H,15H2,(H2,30,31,32,33). The first-order valence-corrected chi connectivity index (χ1v) is 10.1. The number of rotatable bonds is 7. The smallest absolute Gasteiger partial charge is 0.270 e. The second kappa shape index (κ2) is 10.2. The SMILES string of the molecule is N#Cc1c(-c2ccccc2)nc(NN=Cc2ccccc2COc2cc(F)ccc2F)[nH]c1=O. The van der Waals surface area contributed by atoms with E-state index < -0.39 is 17.2 Å². The summed E-state index contributed by atoms with van der Waals surface area (Å²) in [6.07, 6.45) is 1.47. The molecule has 0 fully saturated rings. The summed E-state index contributed by atoms with van der Waals surface area (Å²) in [6, 6.07) is 20.8. The fourth-order valence-corrected chi connectivity index (χ4v) is 3.13. The Bertz CT molecular complexity index is 1450. The molecule has 0 spiro atoms. The summed E-state index contributed by atoms with van der Waals surface area (Å²) in [6.45, 7) is -0.0212. The first kappa shape index (κ1) is 22.4. The molecule has 1 heterocycles. The van der Waals surface area contributed by atoms with E-state index in [1.165, 1.54) is 6.21 Å². The number of hydrazone groups is 1. The van der Waals surface area contributed by atoms with E-state index in [-0.39, 0.29) is 29.6 Å². The molecule has 0 unspecified atom stereocenters. The zero-order chi connectivity index (χ0) is 23.9. The van der Waals surface area contributed by atoms with Crippen molar-refractivity contribution in [3.05, 3.63) is 111 Å². The first-order valence-electron chi connectivity index (χ1n) is 10.1. The topological polar surface area (TPSA) is 103 Å². The quantitative estimate of drug-likeness (QED) is 0.312. The van der Waals surface area contributed by atoms with Crippen LogP contribution in [-0.4, -0.2) is 16.2 Å². The fourth-order valence-electron chi connectivity index (χ4n) is 3.13. The maximum absolute atomic E-state index is 13.8. The molecule has 0 saturated heterocycles. The second-order valence-electron chi connectivity index (χ2n) is 7.05. The van der Waals surface area contributed by atoms with Crippen LogP contribution in [0.5, 0.6) is 5.75 Å². The van der Waals surface area contributed by atoms with Crippen LogP contribution in [0.15, 0.2) is 82.7 Å². The van der Waals surface area contributed by atoms with Crippen molar-refractivity contribution in [1.82, 2.24) is 9.97 Å². The van der Waals surface area contributed by atoms with E-state index in [0.717, 1.165) is 18.2 Å². The molecule has 0 amide bonds. The number of aromatic amines is 1. The third kappa shape index (κ3) is 5.14. The molecule has 0 radical (unpaired) electrons. The Balaban J connectivity index is 1.53. The van der Waals surface area contributed by atoms with Gasteiger partial charge in [0, 0.05) is 17.2 Å². The largest absolute Gasteiger partial charge is 0.486 e. The van der Waals surface area contributed by atoms with Crippen LogP contribution < -0.4 is 15.7 Å². The van der Waals surface area contributed by atoms with Crippen molar-refractivity contribution in [3.8, 4) is 23.1 Å². The normalized spacial score (nSPS) is 10.7. The summed E-state index contributed by atoms with van der Waals surface area (Å²) < 4.78 is 32.6. The summed E-state index contributed by atoms with van der Waals surface area (Å²) >= 11 is 0. The number of anilines is 1. The maximum atomic E-state index is 13.8. The molecule has 1 aromatic heterocycles.